The molecule has 1 aromatic carbocycles. The van der Waals surface area contributed by atoms with Gasteiger partial charge in [-0.05, 0) is 40.2 Å². The Morgan fingerprint density at radius 3 is 2.33 bits per heavy atom. The van der Waals surface area contributed by atoms with Crippen LogP contribution in [0.1, 0.15) is 49.3 Å². The van der Waals surface area contributed by atoms with E-state index in [9.17, 15) is 4.79 Å². The van der Waals surface area contributed by atoms with Crippen molar-refractivity contribution in [1.29, 1.82) is 0 Å². The molecule has 0 radical (unpaired) electrons. The fourth-order valence-electron chi connectivity index (χ4n) is 3.03. The second kappa shape index (κ2) is 7.51. The summed E-state index contributed by atoms with van der Waals surface area (Å²) in [5.74, 6) is 0. The number of aryl methyl sites for hydroxylation is 2. The fourth-order valence-corrected chi connectivity index (χ4v) is 3.03. The van der Waals surface area contributed by atoms with Gasteiger partial charge in [0.2, 0.25) is 0 Å². The summed E-state index contributed by atoms with van der Waals surface area (Å²) in [5, 5.41) is 7.56. The highest BCUT2D eigenvalue weighted by Crippen LogP contribution is 2.21. The summed E-state index contributed by atoms with van der Waals surface area (Å²) in [5.41, 5.74) is 4.26. The van der Waals surface area contributed by atoms with Crippen molar-refractivity contribution in [1.82, 2.24) is 20.0 Å². The summed E-state index contributed by atoms with van der Waals surface area (Å²) >= 11 is 0. The summed E-state index contributed by atoms with van der Waals surface area (Å²) in [4.78, 5) is 14.6. The number of nitrogens with zero attached hydrogens (tertiary/aromatic N) is 3. The van der Waals surface area contributed by atoms with Crippen LogP contribution in [0.25, 0.3) is 0 Å². The minimum Gasteiger partial charge on any atom is -0.331 e. The Kier molecular flexibility index (Phi) is 5.65. The van der Waals surface area contributed by atoms with E-state index in [1.165, 1.54) is 0 Å². The number of hydrogen-bond donors (Lipinski definition) is 1. The first-order chi connectivity index (χ1) is 11.3. The van der Waals surface area contributed by atoms with Gasteiger partial charge in [-0.15, -0.1) is 0 Å². The minimum absolute atomic E-state index is 0.0518. The van der Waals surface area contributed by atoms with Crippen LogP contribution >= 0.6 is 0 Å². The molecule has 0 bridgehead atoms. The Labute approximate surface area is 144 Å². The van der Waals surface area contributed by atoms with Crippen LogP contribution in [-0.2, 0) is 13.6 Å². The van der Waals surface area contributed by atoms with Crippen LogP contribution in [0.5, 0.6) is 0 Å². The lowest BCUT2D eigenvalue weighted by Crippen LogP contribution is -2.44. The number of amides is 2. The lowest BCUT2D eigenvalue weighted by molar-refractivity contribution is 0.176. The summed E-state index contributed by atoms with van der Waals surface area (Å²) in [7, 11) is 1.93. The largest absolute Gasteiger partial charge is 0.331 e. The molecule has 0 unspecified atom stereocenters. The summed E-state index contributed by atoms with van der Waals surface area (Å²) in [6.07, 6.45) is 0. The Balaban J connectivity index is 2.13. The van der Waals surface area contributed by atoms with Gasteiger partial charge in [-0.3, -0.25) is 4.68 Å². The van der Waals surface area contributed by atoms with Gasteiger partial charge in [0, 0.05) is 30.9 Å². The fraction of sp³-hybridized carbons (Fsp3) is 0.474. The van der Waals surface area contributed by atoms with Crippen molar-refractivity contribution < 1.29 is 4.79 Å². The highest BCUT2D eigenvalue weighted by Gasteiger charge is 2.22. The van der Waals surface area contributed by atoms with Crippen molar-refractivity contribution in [3.8, 4) is 0 Å². The van der Waals surface area contributed by atoms with Crippen LogP contribution in [0, 0.1) is 13.8 Å². The number of urea groups is 1. The standard InChI is InChI=1S/C19H28N4O/c1-13(2)23(12-17-10-8-7-9-11-17)19(24)20-14(3)18-15(4)21-22(6)16(18)5/h7-11,13-14H,12H2,1-6H3,(H,20,24)/t14-/m1/s1. The highest BCUT2D eigenvalue weighted by atomic mass is 16.2. The van der Waals surface area contributed by atoms with Crippen molar-refractivity contribution in [3.05, 3.63) is 52.8 Å². The molecule has 0 saturated heterocycles. The highest BCUT2D eigenvalue weighted by molar-refractivity contribution is 5.75. The Morgan fingerprint density at radius 2 is 1.83 bits per heavy atom. The molecule has 0 aliphatic carbocycles. The predicted octanol–water partition coefficient (Wildman–Crippen LogP) is 3.72. The van der Waals surface area contributed by atoms with Gasteiger partial charge >= 0.3 is 6.03 Å². The maximum Gasteiger partial charge on any atom is 0.318 e. The number of hydrogen-bond acceptors (Lipinski definition) is 2. The van der Waals surface area contributed by atoms with Crippen LogP contribution in [-0.4, -0.2) is 26.8 Å². The lowest BCUT2D eigenvalue weighted by Gasteiger charge is -2.29. The van der Waals surface area contributed by atoms with Gasteiger partial charge in [0.1, 0.15) is 0 Å². The van der Waals surface area contributed by atoms with Gasteiger partial charge in [0.25, 0.3) is 0 Å². The molecule has 0 spiro atoms. The molecule has 0 aliphatic rings. The van der Waals surface area contributed by atoms with E-state index in [0.29, 0.717) is 6.54 Å². The molecule has 0 saturated carbocycles. The number of carbonyl (C=O) groups is 1. The van der Waals surface area contributed by atoms with E-state index in [0.717, 1.165) is 22.5 Å². The van der Waals surface area contributed by atoms with Crippen LogP contribution in [0.15, 0.2) is 30.3 Å². The van der Waals surface area contributed by atoms with E-state index in [-0.39, 0.29) is 18.1 Å². The van der Waals surface area contributed by atoms with Gasteiger partial charge in [-0.2, -0.15) is 5.10 Å². The zero-order chi connectivity index (χ0) is 17.9. The van der Waals surface area contributed by atoms with Gasteiger partial charge in [0.15, 0.2) is 0 Å². The molecule has 1 aromatic heterocycles. The second-order valence-electron chi connectivity index (χ2n) is 6.59. The van der Waals surface area contributed by atoms with Crippen LogP contribution in [0.2, 0.25) is 0 Å². The normalized spacial score (nSPS) is 12.3. The van der Waals surface area contributed by atoms with Crippen molar-refractivity contribution >= 4 is 6.03 Å². The first-order valence-corrected chi connectivity index (χ1v) is 8.42. The number of nitrogens with one attached hydrogen (secondary N) is 1. The molecule has 2 amide bonds. The van der Waals surface area contributed by atoms with Gasteiger partial charge in [0.05, 0.1) is 11.7 Å². The maximum absolute atomic E-state index is 12.8. The SMILES string of the molecule is Cc1nn(C)c(C)c1[C@@H](C)NC(=O)N(Cc1ccccc1)C(C)C. The number of aromatic nitrogens is 2. The topological polar surface area (TPSA) is 50.2 Å². The monoisotopic (exact) mass is 328 g/mol. The average Bonchev–Trinajstić information content (AvgIpc) is 2.78. The lowest BCUT2D eigenvalue weighted by atomic mass is 10.1. The molecule has 1 heterocycles. The van der Waals surface area contributed by atoms with E-state index in [1.54, 1.807) is 0 Å². The quantitative estimate of drug-likeness (QED) is 0.909. The van der Waals surface area contributed by atoms with E-state index < -0.39 is 0 Å². The molecule has 2 aromatic rings. The van der Waals surface area contributed by atoms with Crippen LogP contribution in [0.3, 0.4) is 0 Å². The third-order valence-corrected chi connectivity index (χ3v) is 4.42. The van der Waals surface area contributed by atoms with E-state index in [2.05, 4.69) is 10.4 Å². The third-order valence-electron chi connectivity index (χ3n) is 4.42. The molecule has 5 heteroatoms. The Morgan fingerprint density at radius 1 is 1.21 bits per heavy atom. The molecule has 0 fully saturated rings. The number of benzene rings is 1. The summed E-state index contributed by atoms with van der Waals surface area (Å²) in [6.45, 7) is 10.7. The smallest absolute Gasteiger partial charge is 0.318 e. The number of rotatable bonds is 5. The van der Waals surface area contributed by atoms with Gasteiger partial charge in [-0.1, -0.05) is 30.3 Å². The second-order valence-corrected chi connectivity index (χ2v) is 6.59. The van der Waals surface area contributed by atoms with E-state index in [1.807, 2.05) is 81.6 Å². The molecular formula is C19H28N4O. The summed E-state index contributed by atoms with van der Waals surface area (Å²) in [6, 6.07) is 10.1. The molecular weight excluding hydrogens is 300 g/mol. The minimum atomic E-state index is -0.0803. The average molecular weight is 328 g/mol. The number of carbonyl (C=O) groups excluding carboxylic acids is 1. The first-order valence-electron chi connectivity index (χ1n) is 8.42. The molecule has 5 nitrogen and oxygen atoms in total. The molecule has 1 atom stereocenters. The maximum atomic E-state index is 12.8. The first kappa shape index (κ1) is 18.0. The van der Waals surface area contributed by atoms with Crippen LogP contribution < -0.4 is 5.32 Å². The third kappa shape index (κ3) is 3.96. The predicted molar refractivity (Wildman–Crippen MR) is 96.7 cm³/mol. The van der Waals surface area contributed by atoms with Crippen molar-refractivity contribution in [2.45, 2.75) is 53.2 Å². The van der Waals surface area contributed by atoms with Crippen molar-refractivity contribution in [2.75, 3.05) is 0 Å². The molecule has 0 aliphatic heterocycles. The Hall–Kier alpha value is -2.30. The molecule has 24 heavy (non-hydrogen) atoms. The van der Waals surface area contributed by atoms with E-state index in [4.69, 9.17) is 0 Å². The zero-order valence-electron chi connectivity index (χ0n) is 15.5. The molecule has 2 rings (SSSR count). The van der Waals surface area contributed by atoms with E-state index >= 15 is 0 Å². The molecule has 130 valence electrons. The Bertz CT molecular complexity index is 691. The van der Waals surface area contributed by atoms with Gasteiger partial charge in [-0.25, -0.2) is 4.79 Å². The van der Waals surface area contributed by atoms with Crippen molar-refractivity contribution in [3.63, 3.8) is 0 Å². The van der Waals surface area contributed by atoms with Gasteiger partial charge < -0.3 is 10.2 Å². The molecule has 1 N–H and O–H groups in total. The summed E-state index contributed by atoms with van der Waals surface area (Å²) < 4.78 is 1.86. The van der Waals surface area contributed by atoms with Crippen molar-refractivity contribution in [2.24, 2.45) is 7.05 Å². The zero-order valence-corrected chi connectivity index (χ0v) is 15.5. The van der Waals surface area contributed by atoms with Crippen LogP contribution in [0.4, 0.5) is 4.79 Å².